The van der Waals surface area contributed by atoms with E-state index in [0.717, 1.165) is 46.3 Å². The predicted octanol–water partition coefficient (Wildman–Crippen LogP) is 11.9. The summed E-state index contributed by atoms with van der Waals surface area (Å²) in [6.07, 6.45) is 6.19. The summed E-state index contributed by atoms with van der Waals surface area (Å²) >= 11 is 0. The van der Waals surface area contributed by atoms with Gasteiger partial charge in [0.05, 0.1) is 16.6 Å². The zero-order valence-electron chi connectivity index (χ0n) is 30.3. The van der Waals surface area contributed by atoms with Gasteiger partial charge >= 0.3 is 0 Å². The molecule has 5 heteroatoms. The zero-order chi connectivity index (χ0) is 36.7. The lowest BCUT2D eigenvalue weighted by Crippen LogP contribution is -2.37. The average molecular weight is 710 g/mol. The van der Waals surface area contributed by atoms with Gasteiger partial charge < -0.3 is 9.88 Å². The van der Waals surface area contributed by atoms with Crippen molar-refractivity contribution in [2.24, 2.45) is 0 Å². The van der Waals surface area contributed by atoms with E-state index in [1.807, 2.05) is 36.4 Å². The third-order valence-electron chi connectivity index (χ3n) is 10.9. The molecule has 0 saturated heterocycles. The van der Waals surface area contributed by atoms with E-state index < -0.39 is 6.17 Å². The van der Waals surface area contributed by atoms with Crippen molar-refractivity contribution in [3.8, 4) is 27.9 Å². The smallest absolute Gasteiger partial charge is 0.138 e. The van der Waals surface area contributed by atoms with Crippen molar-refractivity contribution in [3.63, 3.8) is 0 Å². The van der Waals surface area contributed by atoms with Crippen molar-refractivity contribution in [2.45, 2.75) is 19.0 Å². The second kappa shape index (κ2) is 13.7. The highest BCUT2D eigenvalue weighted by Gasteiger charge is 2.27. The summed E-state index contributed by atoms with van der Waals surface area (Å²) in [4.78, 5) is 0. The van der Waals surface area contributed by atoms with Gasteiger partial charge in [-0.3, -0.25) is 15.5 Å². The Bertz CT molecular complexity index is 2870. The van der Waals surface area contributed by atoms with Crippen LogP contribution >= 0.6 is 0 Å². The van der Waals surface area contributed by atoms with Crippen LogP contribution in [0.2, 0.25) is 0 Å². The van der Waals surface area contributed by atoms with Gasteiger partial charge in [-0.25, -0.2) is 0 Å². The summed E-state index contributed by atoms with van der Waals surface area (Å²) in [7, 11) is 0. The van der Waals surface area contributed by atoms with Crippen LogP contribution in [0.1, 0.15) is 35.0 Å². The molecule has 264 valence electrons. The molecule has 0 radical (unpaired) electrons. The van der Waals surface area contributed by atoms with Crippen molar-refractivity contribution in [1.29, 1.82) is 5.41 Å². The molecule has 0 fully saturated rings. The Labute approximate surface area is 320 Å². The van der Waals surface area contributed by atoms with Crippen molar-refractivity contribution >= 4 is 44.6 Å². The number of para-hydroxylation sites is 2. The number of benzene rings is 7. The Morgan fingerprint density at radius 2 is 1.25 bits per heavy atom. The summed E-state index contributed by atoms with van der Waals surface area (Å²) in [6, 6.07) is 61.7. The van der Waals surface area contributed by atoms with Crippen LogP contribution in [-0.2, 0) is 6.42 Å². The molecule has 2 aromatic heterocycles. The molecule has 0 bridgehead atoms. The van der Waals surface area contributed by atoms with Crippen LogP contribution in [0.5, 0.6) is 0 Å². The van der Waals surface area contributed by atoms with Crippen LogP contribution in [0.25, 0.3) is 66.7 Å². The number of rotatable bonds is 8. The molecule has 5 nitrogen and oxygen atoms in total. The van der Waals surface area contributed by atoms with Gasteiger partial charge in [0.15, 0.2) is 0 Å². The highest BCUT2D eigenvalue weighted by molar-refractivity contribution is 6.25. The lowest BCUT2D eigenvalue weighted by molar-refractivity contribution is 0.655. The fourth-order valence-corrected chi connectivity index (χ4v) is 8.38. The predicted molar refractivity (Wildman–Crippen MR) is 229 cm³/mol. The van der Waals surface area contributed by atoms with Crippen LogP contribution < -0.4 is 10.7 Å². The average Bonchev–Trinajstić information content (AvgIpc) is 3.77. The summed E-state index contributed by atoms with van der Waals surface area (Å²) in [5.41, 5.74) is 17.6. The van der Waals surface area contributed by atoms with Crippen LogP contribution in [-0.4, -0.2) is 15.1 Å². The van der Waals surface area contributed by atoms with Crippen molar-refractivity contribution in [3.05, 3.63) is 204 Å². The number of amidine groups is 1. The number of nitrogens with zero attached hydrogens (tertiary/aromatic N) is 2. The summed E-state index contributed by atoms with van der Waals surface area (Å²) in [5, 5.41) is 16.4. The van der Waals surface area contributed by atoms with E-state index in [9.17, 15) is 0 Å². The summed E-state index contributed by atoms with van der Waals surface area (Å²) in [5.74, 6) is 0.351. The molecule has 0 amide bonds. The first kappa shape index (κ1) is 32.5. The quantitative estimate of drug-likeness (QED) is 0.0836. The first-order valence-corrected chi connectivity index (χ1v) is 19.0. The van der Waals surface area contributed by atoms with E-state index in [2.05, 4.69) is 172 Å². The van der Waals surface area contributed by atoms with E-state index in [1.54, 1.807) is 0 Å². The number of aryl methyl sites for hydroxylation is 1. The first-order valence-electron chi connectivity index (χ1n) is 19.0. The minimum atomic E-state index is -0.403. The topological polar surface area (TPSA) is 57.8 Å². The molecule has 2 heterocycles. The van der Waals surface area contributed by atoms with Crippen molar-refractivity contribution in [2.75, 3.05) is 5.43 Å². The summed E-state index contributed by atoms with van der Waals surface area (Å²) in [6.45, 7) is 0. The third kappa shape index (κ3) is 5.69. The van der Waals surface area contributed by atoms with Crippen LogP contribution in [0.3, 0.4) is 0 Å². The Kier molecular flexibility index (Phi) is 8.11. The lowest BCUT2D eigenvalue weighted by Gasteiger charge is -2.25. The van der Waals surface area contributed by atoms with Crippen molar-refractivity contribution in [1.82, 2.24) is 14.6 Å². The monoisotopic (exact) mass is 709 g/mol. The maximum Gasteiger partial charge on any atom is 0.138 e. The van der Waals surface area contributed by atoms with Gasteiger partial charge in [-0.2, -0.15) is 0 Å². The fourth-order valence-electron chi connectivity index (χ4n) is 8.38. The van der Waals surface area contributed by atoms with Gasteiger partial charge in [0.2, 0.25) is 0 Å². The number of hydrogen-bond acceptors (Lipinski definition) is 2. The number of aromatic nitrogens is 2. The van der Waals surface area contributed by atoms with Gasteiger partial charge in [-0.05, 0) is 77.1 Å². The second-order valence-electron chi connectivity index (χ2n) is 14.2. The molecule has 55 heavy (non-hydrogen) atoms. The third-order valence-corrected chi connectivity index (χ3v) is 10.9. The molecule has 10 rings (SSSR count). The molecule has 1 atom stereocenters. The van der Waals surface area contributed by atoms with Gasteiger partial charge in [0.25, 0.3) is 0 Å². The second-order valence-corrected chi connectivity index (χ2v) is 14.2. The highest BCUT2D eigenvalue weighted by atomic mass is 15.5. The van der Waals surface area contributed by atoms with Crippen LogP contribution in [0.4, 0.5) is 0 Å². The SMILES string of the molecule is N=C(NC(Nn1c2ccccc2c2c3c4c(n(-c5ccccc5)c3c(-c3cccc(-c5ccccc5)c3)cc21)C=CCC4)c1ccccc1)c1ccccc1. The first-order chi connectivity index (χ1) is 27.2. The maximum absolute atomic E-state index is 9.13. The molecular weight excluding hydrogens is 671 g/mol. The largest absolute Gasteiger partial charge is 0.345 e. The number of nitrogens with one attached hydrogen (secondary N) is 3. The Hall–Kier alpha value is -7.11. The van der Waals surface area contributed by atoms with E-state index in [4.69, 9.17) is 5.41 Å². The molecular formula is C50H39N5. The number of hydrogen-bond donors (Lipinski definition) is 3. The van der Waals surface area contributed by atoms with Gasteiger partial charge in [-0.1, -0.05) is 152 Å². The van der Waals surface area contributed by atoms with Gasteiger partial charge in [0, 0.05) is 38.7 Å². The Morgan fingerprint density at radius 1 is 0.600 bits per heavy atom. The van der Waals surface area contributed by atoms with Crippen molar-refractivity contribution < 1.29 is 0 Å². The molecule has 0 saturated carbocycles. The van der Waals surface area contributed by atoms with Crippen LogP contribution in [0, 0.1) is 5.41 Å². The molecule has 9 aromatic rings. The van der Waals surface area contributed by atoms with E-state index in [-0.39, 0.29) is 0 Å². The molecule has 0 spiro atoms. The van der Waals surface area contributed by atoms with E-state index in [1.165, 1.54) is 49.6 Å². The normalized spacial score (nSPS) is 12.9. The fraction of sp³-hybridized carbons (Fsp3) is 0.0600. The highest BCUT2D eigenvalue weighted by Crippen LogP contribution is 2.46. The van der Waals surface area contributed by atoms with Crippen LogP contribution in [0.15, 0.2) is 182 Å². The molecule has 1 aliphatic carbocycles. The number of allylic oxidation sites excluding steroid dienone is 1. The molecule has 7 aromatic carbocycles. The van der Waals surface area contributed by atoms with E-state index in [0.29, 0.717) is 5.84 Å². The Morgan fingerprint density at radius 3 is 2.04 bits per heavy atom. The zero-order valence-corrected chi connectivity index (χ0v) is 30.3. The van der Waals surface area contributed by atoms with E-state index >= 15 is 0 Å². The van der Waals surface area contributed by atoms with Gasteiger partial charge in [-0.15, -0.1) is 0 Å². The minimum Gasteiger partial charge on any atom is -0.345 e. The van der Waals surface area contributed by atoms with Gasteiger partial charge in [0.1, 0.15) is 12.0 Å². The summed E-state index contributed by atoms with van der Waals surface area (Å²) < 4.78 is 4.74. The molecule has 1 unspecified atom stereocenters. The molecule has 3 N–H and O–H groups in total. The number of fused-ring (bicyclic) bond motifs is 7. The Balaban J connectivity index is 1.28. The maximum atomic E-state index is 9.13. The molecule has 1 aliphatic rings. The minimum absolute atomic E-state index is 0.351. The molecule has 0 aliphatic heterocycles. The lowest BCUT2D eigenvalue weighted by atomic mass is 9.93. The standard InChI is InChI=1S/C50H39N5/c51-49(35-20-7-2-8-21-35)52-50(36-22-9-3-10-23-36)53-55-44-31-16-14-29-41(44)46-45(55)33-42(38-25-17-24-37(32-38)34-18-5-1-6-19-34)48-47(46)40-28-13-15-30-43(40)54(48)39-26-11-4-12-27-39/h1-12,14-27,29-33,50,53H,13,28H2,(H2,51,52).